The number of ether oxygens (including phenoxy) is 1. The molecule has 1 saturated heterocycles. The zero-order valence-electron chi connectivity index (χ0n) is 19.1. The Morgan fingerprint density at radius 2 is 2.00 bits per heavy atom. The summed E-state index contributed by atoms with van der Waals surface area (Å²) in [7, 11) is 0.311. The summed E-state index contributed by atoms with van der Waals surface area (Å²) in [5.74, 6) is 0.993. The first-order chi connectivity index (χ1) is 16.3. The summed E-state index contributed by atoms with van der Waals surface area (Å²) in [4.78, 5) is 6.76. The van der Waals surface area contributed by atoms with Gasteiger partial charge in [-0.25, -0.2) is 18.1 Å². The van der Waals surface area contributed by atoms with Crippen LogP contribution >= 0.6 is 15.9 Å². The van der Waals surface area contributed by atoms with Gasteiger partial charge in [0.15, 0.2) is 0 Å². The van der Waals surface area contributed by atoms with E-state index in [1.165, 1.54) is 0 Å². The van der Waals surface area contributed by atoms with E-state index in [1.807, 2.05) is 48.1 Å². The lowest BCUT2D eigenvalue weighted by molar-refractivity contribution is 0.330. The first-order valence-electron chi connectivity index (χ1n) is 11.2. The minimum Gasteiger partial charge on any atom is -0.493 e. The van der Waals surface area contributed by atoms with Crippen molar-refractivity contribution in [2.45, 2.75) is 22.8 Å². The van der Waals surface area contributed by atoms with Crippen molar-refractivity contribution >= 4 is 31.6 Å². The highest BCUT2D eigenvalue weighted by molar-refractivity contribution is 9.10. The Kier molecular flexibility index (Phi) is 6.41. The predicted molar refractivity (Wildman–Crippen MR) is 135 cm³/mol. The average molecular weight is 546 g/mol. The van der Waals surface area contributed by atoms with E-state index in [1.54, 1.807) is 18.5 Å². The molecule has 0 bridgehead atoms. The van der Waals surface area contributed by atoms with E-state index >= 15 is 0 Å². The van der Waals surface area contributed by atoms with Gasteiger partial charge in [-0.2, -0.15) is 0 Å². The molecule has 2 aromatic carbocycles. The van der Waals surface area contributed by atoms with E-state index in [0.717, 1.165) is 34.6 Å². The highest BCUT2D eigenvalue weighted by Gasteiger charge is 2.35. The number of nitrogens with one attached hydrogen (secondary N) is 2. The second kappa shape index (κ2) is 9.33. The maximum atomic E-state index is 13.4. The molecule has 5 rings (SSSR count). The van der Waals surface area contributed by atoms with E-state index in [0.29, 0.717) is 12.3 Å². The summed E-state index contributed by atoms with van der Waals surface area (Å²) >= 11 is 3.50. The number of rotatable bonds is 7. The van der Waals surface area contributed by atoms with Gasteiger partial charge >= 0.3 is 0 Å². The van der Waals surface area contributed by atoms with E-state index in [-0.39, 0.29) is 29.3 Å². The van der Waals surface area contributed by atoms with Gasteiger partial charge in [0.25, 0.3) is 0 Å². The number of halogens is 1. The number of hydrogen-bond acceptors (Lipinski definition) is 6. The highest BCUT2D eigenvalue weighted by atomic mass is 79.9. The molecular weight excluding hydrogens is 518 g/mol. The number of aryl methyl sites for hydroxylation is 1. The zero-order valence-corrected chi connectivity index (χ0v) is 21.5. The number of para-hydroxylation sites is 1. The van der Waals surface area contributed by atoms with Crippen molar-refractivity contribution in [2.24, 2.45) is 7.05 Å². The van der Waals surface area contributed by atoms with Crippen LogP contribution in [0, 0.1) is 0 Å². The molecule has 8 nitrogen and oxygen atoms in total. The quantitative estimate of drug-likeness (QED) is 0.474. The summed E-state index contributed by atoms with van der Waals surface area (Å²) in [6, 6.07) is 13.0. The van der Waals surface area contributed by atoms with Crippen LogP contribution in [0.1, 0.15) is 23.1 Å². The summed E-state index contributed by atoms with van der Waals surface area (Å²) in [5.41, 5.74) is 2.74. The number of aromatic nitrogens is 2. The van der Waals surface area contributed by atoms with Crippen LogP contribution < -0.4 is 14.8 Å². The van der Waals surface area contributed by atoms with Crippen LogP contribution in [-0.4, -0.2) is 62.2 Å². The van der Waals surface area contributed by atoms with E-state index in [4.69, 9.17) is 4.74 Å². The van der Waals surface area contributed by atoms with Crippen LogP contribution in [0.4, 0.5) is 5.69 Å². The second-order valence-electron chi connectivity index (χ2n) is 9.05. The molecule has 2 aliphatic rings. The Labute approximate surface area is 208 Å². The molecule has 0 spiro atoms. The normalized spacial score (nSPS) is 22.5. The lowest BCUT2D eigenvalue weighted by atomic mass is 10.00. The van der Waals surface area contributed by atoms with Crippen LogP contribution in [-0.2, 0) is 17.1 Å². The summed E-state index contributed by atoms with van der Waals surface area (Å²) in [6.45, 7) is 2.41. The standard InChI is InChI=1S/C24H28BrN5O3S/c1-29-12-19(22-11-26-15-30(22)2)21(13-29)28-20-9-17(25)7-8-24(20)34(31,32)27-10-16-14-33-23-6-4-3-5-18(16)23/h3-9,11,15-16,19,21,27-28H,10,12-14H2,1-2H3/t16?,19-,21-/m1/s1. The van der Waals surface area contributed by atoms with Crippen LogP contribution in [0.25, 0.3) is 0 Å². The van der Waals surface area contributed by atoms with Crippen molar-refractivity contribution in [3.8, 4) is 5.75 Å². The number of nitrogens with zero attached hydrogens (tertiary/aromatic N) is 3. The van der Waals surface area contributed by atoms with Crippen molar-refractivity contribution in [1.29, 1.82) is 0 Å². The van der Waals surface area contributed by atoms with Gasteiger partial charge in [-0.1, -0.05) is 34.1 Å². The minimum atomic E-state index is -3.75. The van der Waals surface area contributed by atoms with Crippen LogP contribution in [0.2, 0.25) is 0 Å². The molecule has 0 aliphatic carbocycles. The number of likely N-dealkylation sites (tertiary alicyclic amines) is 1. The lowest BCUT2D eigenvalue weighted by Gasteiger charge is -2.23. The number of sulfonamides is 1. The molecule has 34 heavy (non-hydrogen) atoms. The first-order valence-corrected chi connectivity index (χ1v) is 13.5. The van der Waals surface area contributed by atoms with Crippen LogP contribution in [0.15, 0.2) is 64.4 Å². The SMILES string of the molecule is CN1C[C@@H](Nc2cc(Br)ccc2S(=O)(=O)NCC2COc3ccccc32)[C@H](c2cncn2C)C1. The van der Waals surface area contributed by atoms with Crippen molar-refractivity contribution in [3.63, 3.8) is 0 Å². The number of anilines is 1. The van der Waals surface area contributed by atoms with Gasteiger partial charge in [0, 0.05) is 66.5 Å². The van der Waals surface area contributed by atoms with Gasteiger partial charge in [0.05, 0.1) is 18.6 Å². The molecule has 2 N–H and O–H groups in total. The number of hydrogen-bond donors (Lipinski definition) is 2. The number of likely N-dealkylation sites (N-methyl/N-ethyl adjacent to an activating group) is 1. The summed E-state index contributed by atoms with van der Waals surface area (Å²) in [6.07, 6.45) is 3.69. The molecule has 10 heteroatoms. The molecule has 180 valence electrons. The lowest BCUT2D eigenvalue weighted by Crippen LogP contribution is -2.32. The fourth-order valence-electron chi connectivity index (χ4n) is 4.91. The molecule has 3 heterocycles. The van der Waals surface area contributed by atoms with Crippen molar-refractivity contribution < 1.29 is 13.2 Å². The smallest absolute Gasteiger partial charge is 0.242 e. The van der Waals surface area contributed by atoms with Gasteiger partial charge in [0.1, 0.15) is 10.6 Å². The third kappa shape index (κ3) is 4.59. The van der Waals surface area contributed by atoms with Crippen LogP contribution in [0.3, 0.4) is 0 Å². The first kappa shape index (κ1) is 23.3. The summed E-state index contributed by atoms with van der Waals surface area (Å²) < 4.78 is 38.2. The van der Waals surface area contributed by atoms with Gasteiger partial charge in [-0.05, 0) is 31.3 Å². The molecule has 3 atom stereocenters. The topological polar surface area (TPSA) is 88.5 Å². The summed E-state index contributed by atoms with van der Waals surface area (Å²) in [5, 5.41) is 3.54. The molecule has 1 unspecified atom stereocenters. The largest absolute Gasteiger partial charge is 0.493 e. The second-order valence-corrected chi connectivity index (χ2v) is 11.7. The fourth-order valence-corrected chi connectivity index (χ4v) is 6.50. The fraction of sp³-hybridized carbons (Fsp3) is 0.375. The molecule has 2 aliphatic heterocycles. The molecule has 0 amide bonds. The van der Waals surface area contributed by atoms with Gasteiger partial charge in [0.2, 0.25) is 10.0 Å². The van der Waals surface area contributed by atoms with Gasteiger partial charge in [-0.15, -0.1) is 0 Å². The molecule has 0 radical (unpaired) electrons. The predicted octanol–water partition coefficient (Wildman–Crippen LogP) is 3.15. The Bertz CT molecular complexity index is 1300. The average Bonchev–Trinajstić information content (AvgIpc) is 3.50. The number of benzene rings is 2. The molecule has 3 aromatic rings. The Morgan fingerprint density at radius 1 is 1.18 bits per heavy atom. The minimum absolute atomic E-state index is 0.0180. The van der Waals surface area contributed by atoms with Gasteiger partial charge in [-0.3, -0.25) is 0 Å². The Hall–Kier alpha value is -2.40. The van der Waals surface area contributed by atoms with E-state index in [9.17, 15) is 8.42 Å². The highest BCUT2D eigenvalue weighted by Crippen LogP contribution is 2.35. The van der Waals surface area contributed by atoms with E-state index < -0.39 is 10.0 Å². The van der Waals surface area contributed by atoms with Gasteiger partial charge < -0.3 is 19.5 Å². The Balaban J connectivity index is 1.37. The molecule has 0 saturated carbocycles. The maximum absolute atomic E-state index is 13.4. The Morgan fingerprint density at radius 3 is 2.79 bits per heavy atom. The molecule has 1 fully saturated rings. The third-order valence-corrected chi connectivity index (χ3v) is 8.60. The monoisotopic (exact) mass is 545 g/mol. The molecule has 1 aromatic heterocycles. The van der Waals surface area contributed by atoms with Crippen molar-refractivity contribution in [2.75, 3.05) is 38.6 Å². The van der Waals surface area contributed by atoms with Crippen LogP contribution in [0.5, 0.6) is 5.75 Å². The van der Waals surface area contributed by atoms with E-state index in [2.05, 4.69) is 42.9 Å². The number of imidazole rings is 1. The van der Waals surface area contributed by atoms with Crippen molar-refractivity contribution in [1.82, 2.24) is 19.2 Å². The number of fused-ring (bicyclic) bond motifs is 1. The van der Waals surface area contributed by atoms with Crippen molar-refractivity contribution in [3.05, 3.63) is 70.7 Å². The molecular formula is C24H28BrN5O3S. The zero-order chi connectivity index (χ0) is 23.9. The third-order valence-electron chi connectivity index (χ3n) is 6.63. The maximum Gasteiger partial charge on any atom is 0.242 e.